The molecule has 1 aromatic heterocycles. The first-order chi connectivity index (χ1) is 7.27. The van der Waals surface area contributed by atoms with E-state index in [1.807, 2.05) is 17.9 Å². The largest absolute Gasteiger partial charge is 0.308 e. The fourth-order valence-corrected chi connectivity index (χ4v) is 2.36. The van der Waals surface area contributed by atoms with Crippen molar-refractivity contribution in [3.05, 3.63) is 11.9 Å². The molecule has 2 rings (SSSR count). The first-order valence-corrected chi connectivity index (χ1v) is 5.84. The third-order valence-corrected chi connectivity index (χ3v) is 3.52. The molecule has 84 valence electrons. The fourth-order valence-electron chi connectivity index (χ4n) is 2.36. The maximum Gasteiger partial charge on any atom is 0.0738 e. The monoisotopic (exact) mass is 208 g/mol. The van der Waals surface area contributed by atoms with Crippen LogP contribution >= 0.6 is 0 Å². The van der Waals surface area contributed by atoms with Crippen LogP contribution in [0.25, 0.3) is 0 Å². The molecule has 1 saturated carbocycles. The minimum absolute atomic E-state index is 0.613. The van der Waals surface area contributed by atoms with Gasteiger partial charge >= 0.3 is 0 Å². The van der Waals surface area contributed by atoms with Gasteiger partial charge in [0.15, 0.2) is 0 Å². The minimum atomic E-state index is 0.613. The Balaban J connectivity index is 1.80. The van der Waals surface area contributed by atoms with Gasteiger partial charge in [0.2, 0.25) is 0 Å². The van der Waals surface area contributed by atoms with Gasteiger partial charge < -0.3 is 5.32 Å². The highest BCUT2D eigenvalue weighted by Gasteiger charge is 2.21. The number of nitrogens with zero attached hydrogens (tertiary/aromatic N) is 3. The average molecular weight is 208 g/mol. The highest BCUT2D eigenvalue weighted by Crippen LogP contribution is 2.27. The predicted octanol–water partition coefficient (Wildman–Crippen LogP) is 1.48. The summed E-state index contributed by atoms with van der Waals surface area (Å²) in [6.45, 7) is 3.17. The summed E-state index contributed by atoms with van der Waals surface area (Å²) < 4.78 is 1.83. The standard InChI is InChI=1S/C11H20N4/c1-9(10-5-3-4-6-10)12-7-11-8-13-14-15(11)2/h8-10,12H,3-7H2,1-2H3. The third-order valence-electron chi connectivity index (χ3n) is 3.52. The van der Waals surface area contributed by atoms with Gasteiger partial charge in [0.25, 0.3) is 0 Å². The van der Waals surface area contributed by atoms with Crippen molar-refractivity contribution in [1.82, 2.24) is 20.3 Å². The molecule has 0 amide bonds. The second kappa shape index (κ2) is 4.75. The second-order valence-corrected chi connectivity index (χ2v) is 4.56. The Morgan fingerprint density at radius 3 is 2.87 bits per heavy atom. The van der Waals surface area contributed by atoms with E-state index in [1.54, 1.807) is 0 Å². The molecule has 1 heterocycles. The van der Waals surface area contributed by atoms with Crippen LogP contribution in [-0.2, 0) is 13.6 Å². The lowest BCUT2D eigenvalue weighted by atomic mass is 10.00. The van der Waals surface area contributed by atoms with Gasteiger partial charge in [-0.25, -0.2) is 0 Å². The third kappa shape index (κ3) is 2.56. The van der Waals surface area contributed by atoms with Gasteiger partial charge in [0, 0.05) is 19.6 Å². The molecule has 4 nitrogen and oxygen atoms in total. The average Bonchev–Trinajstić information content (AvgIpc) is 2.85. The molecule has 0 saturated heterocycles. The van der Waals surface area contributed by atoms with E-state index < -0.39 is 0 Å². The lowest BCUT2D eigenvalue weighted by Crippen LogP contribution is -2.32. The minimum Gasteiger partial charge on any atom is -0.308 e. The Morgan fingerprint density at radius 1 is 1.53 bits per heavy atom. The predicted molar refractivity (Wildman–Crippen MR) is 59.3 cm³/mol. The molecule has 0 spiro atoms. The smallest absolute Gasteiger partial charge is 0.0738 e. The maximum atomic E-state index is 3.92. The lowest BCUT2D eigenvalue weighted by Gasteiger charge is -2.20. The number of nitrogens with one attached hydrogen (secondary N) is 1. The summed E-state index contributed by atoms with van der Waals surface area (Å²) in [6, 6.07) is 0.613. The summed E-state index contributed by atoms with van der Waals surface area (Å²) in [6.07, 6.45) is 7.41. The molecule has 4 heteroatoms. The van der Waals surface area contributed by atoms with Gasteiger partial charge in [0.05, 0.1) is 11.9 Å². The van der Waals surface area contributed by atoms with E-state index in [1.165, 1.54) is 25.7 Å². The van der Waals surface area contributed by atoms with Gasteiger partial charge in [-0.15, -0.1) is 5.10 Å². The Hall–Kier alpha value is -0.900. The van der Waals surface area contributed by atoms with E-state index in [-0.39, 0.29) is 0 Å². The normalized spacial score (nSPS) is 19.6. The van der Waals surface area contributed by atoms with E-state index in [9.17, 15) is 0 Å². The lowest BCUT2D eigenvalue weighted by molar-refractivity contribution is 0.376. The van der Waals surface area contributed by atoms with Crippen LogP contribution in [0.15, 0.2) is 6.20 Å². The first-order valence-electron chi connectivity index (χ1n) is 5.84. The molecule has 15 heavy (non-hydrogen) atoms. The van der Waals surface area contributed by atoms with E-state index in [0.717, 1.165) is 18.2 Å². The van der Waals surface area contributed by atoms with Crippen LogP contribution in [0.5, 0.6) is 0 Å². The van der Waals surface area contributed by atoms with Crippen LogP contribution in [0.2, 0.25) is 0 Å². The molecular weight excluding hydrogens is 188 g/mol. The molecule has 1 aliphatic rings. The van der Waals surface area contributed by atoms with E-state index in [2.05, 4.69) is 22.6 Å². The van der Waals surface area contributed by atoms with Gasteiger partial charge in [-0.2, -0.15) is 0 Å². The molecule has 0 aromatic carbocycles. The summed E-state index contributed by atoms with van der Waals surface area (Å²) in [5, 5.41) is 11.4. The molecule has 1 fully saturated rings. The molecule has 1 aromatic rings. The van der Waals surface area contributed by atoms with Crippen molar-refractivity contribution >= 4 is 0 Å². The summed E-state index contributed by atoms with van der Waals surface area (Å²) in [5.74, 6) is 0.867. The van der Waals surface area contributed by atoms with Gasteiger partial charge in [0.1, 0.15) is 0 Å². The zero-order valence-corrected chi connectivity index (χ0v) is 9.61. The SMILES string of the molecule is CC(NCc1cnnn1C)C1CCCC1. The maximum absolute atomic E-state index is 3.92. The molecule has 0 aliphatic heterocycles. The Morgan fingerprint density at radius 2 is 2.27 bits per heavy atom. The number of rotatable bonds is 4. The number of hydrogen-bond donors (Lipinski definition) is 1. The molecule has 0 bridgehead atoms. The molecule has 0 radical (unpaired) electrons. The summed E-state index contributed by atoms with van der Waals surface area (Å²) in [5.41, 5.74) is 1.15. The molecule has 1 unspecified atom stereocenters. The summed E-state index contributed by atoms with van der Waals surface area (Å²) in [4.78, 5) is 0. The van der Waals surface area contributed by atoms with Crippen LogP contribution in [0, 0.1) is 5.92 Å². The fraction of sp³-hybridized carbons (Fsp3) is 0.818. The molecular formula is C11H20N4. The molecule has 1 atom stereocenters. The quantitative estimate of drug-likeness (QED) is 0.815. The second-order valence-electron chi connectivity index (χ2n) is 4.56. The summed E-state index contributed by atoms with van der Waals surface area (Å²) >= 11 is 0. The molecule has 1 aliphatic carbocycles. The van der Waals surface area contributed by atoms with Crippen LogP contribution in [-0.4, -0.2) is 21.0 Å². The van der Waals surface area contributed by atoms with Crippen molar-refractivity contribution in [1.29, 1.82) is 0 Å². The highest BCUT2D eigenvalue weighted by molar-refractivity contribution is 4.93. The van der Waals surface area contributed by atoms with Crippen LogP contribution in [0.3, 0.4) is 0 Å². The van der Waals surface area contributed by atoms with Crippen molar-refractivity contribution in [2.45, 2.75) is 45.2 Å². The van der Waals surface area contributed by atoms with Crippen molar-refractivity contribution < 1.29 is 0 Å². The van der Waals surface area contributed by atoms with Crippen LogP contribution in [0.1, 0.15) is 38.3 Å². The summed E-state index contributed by atoms with van der Waals surface area (Å²) in [7, 11) is 1.93. The zero-order valence-electron chi connectivity index (χ0n) is 9.61. The Labute approximate surface area is 91.1 Å². The van der Waals surface area contributed by atoms with E-state index in [4.69, 9.17) is 0 Å². The first kappa shape index (κ1) is 10.6. The van der Waals surface area contributed by atoms with E-state index >= 15 is 0 Å². The van der Waals surface area contributed by atoms with Crippen LogP contribution < -0.4 is 5.32 Å². The number of hydrogen-bond acceptors (Lipinski definition) is 3. The van der Waals surface area contributed by atoms with Gasteiger partial charge in [-0.1, -0.05) is 18.1 Å². The number of aromatic nitrogens is 3. The van der Waals surface area contributed by atoms with Crippen molar-refractivity contribution in [2.24, 2.45) is 13.0 Å². The van der Waals surface area contributed by atoms with Gasteiger partial charge in [-0.3, -0.25) is 4.68 Å². The number of aryl methyl sites for hydroxylation is 1. The van der Waals surface area contributed by atoms with Crippen molar-refractivity contribution in [3.8, 4) is 0 Å². The van der Waals surface area contributed by atoms with Gasteiger partial charge in [-0.05, 0) is 25.7 Å². The van der Waals surface area contributed by atoms with Crippen molar-refractivity contribution in [3.63, 3.8) is 0 Å². The van der Waals surface area contributed by atoms with Crippen LogP contribution in [0.4, 0.5) is 0 Å². The van der Waals surface area contributed by atoms with E-state index in [0.29, 0.717) is 6.04 Å². The van der Waals surface area contributed by atoms with Crippen molar-refractivity contribution in [2.75, 3.05) is 0 Å². The Kier molecular flexibility index (Phi) is 3.36. The Bertz CT molecular complexity index is 301. The highest BCUT2D eigenvalue weighted by atomic mass is 15.4. The molecule has 1 N–H and O–H groups in total. The topological polar surface area (TPSA) is 42.7 Å². The zero-order chi connectivity index (χ0) is 10.7.